The molecule has 2 rings (SSSR count). The molecule has 0 saturated carbocycles. The largest absolute Gasteiger partial charge is 0.362 e. The lowest BCUT2D eigenvalue weighted by molar-refractivity contribution is -0.128. The molecule has 6 N–H and O–H groups in total. The molecule has 1 aromatic heterocycles. The molecule has 0 fully saturated rings. The van der Waals surface area contributed by atoms with Crippen molar-refractivity contribution in [1.29, 1.82) is 0 Å². The van der Waals surface area contributed by atoms with Crippen molar-refractivity contribution in [1.82, 2.24) is 41.2 Å². The van der Waals surface area contributed by atoms with Gasteiger partial charge in [0.05, 0.1) is 42.9 Å². The molecule has 49 heavy (non-hydrogen) atoms. The van der Waals surface area contributed by atoms with Crippen LogP contribution in [0.25, 0.3) is 0 Å². The number of likely N-dealkylation sites (N-methyl/N-ethyl adjacent to an activating group) is 1. The highest BCUT2D eigenvalue weighted by Gasteiger charge is 2.26. The molecule has 19 nitrogen and oxygen atoms in total. The number of aromatic nitrogens is 3. The zero-order chi connectivity index (χ0) is 36.5. The van der Waals surface area contributed by atoms with Crippen molar-refractivity contribution in [2.24, 2.45) is 0 Å². The molecule has 1 aromatic rings. The van der Waals surface area contributed by atoms with Gasteiger partial charge >= 0.3 is 0 Å². The Morgan fingerprint density at radius 3 is 2.10 bits per heavy atom. The summed E-state index contributed by atoms with van der Waals surface area (Å²) in [5, 5.41) is 19.2. The third kappa shape index (κ3) is 17.9. The molecule has 0 aromatic carbocycles. The molecule has 0 saturated heterocycles. The van der Waals surface area contributed by atoms with Crippen LogP contribution in [0.4, 0.5) is 0 Å². The molecular formula is C28H50N8O11S2. The van der Waals surface area contributed by atoms with Crippen molar-refractivity contribution in [3.05, 3.63) is 11.4 Å². The zero-order valence-electron chi connectivity index (χ0n) is 28.1. The third-order valence-corrected chi connectivity index (χ3v) is 9.22. The minimum absolute atomic E-state index is 0.0746. The smallest absolute Gasteiger partial charge is 0.266 e. The predicted molar refractivity (Wildman–Crippen MR) is 177 cm³/mol. The molecule has 2 atom stereocenters. The number of hydrogen-bond acceptors (Lipinski definition) is 13. The van der Waals surface area contributed by atoms with E-state index in [2.05, 4.69) is 31.6 Å². The monoisotopic (exact) mass is 738 g/mol. The topological polar surface area (TPSA) is 268 Å². The van der Waals surface area contributed by atoms with Gasteiger partial charge in [0.15, 0.2) is 0 Å². The van der Waals surface area contributed by atoms with Gasteiger partial charge in [0.2, 0.25) is 17.7 Å². The van der Waals surface area contributed by atoms with Gasteiger partial charge in [-0.05, 0) is 52.5 Å². The zero-order valence-corrected chi connectivity index (χ0v) is 29.7. The van der Waals surface area contributed by atoms with Gasteiger partial charge < -0.3 is 26.0 Å². The van der Waals surface area contributed by atoms with Crippen LogP contribution < -0.4 is 21.3 Å². The van der Waals surface area contributed by atoms with Crippen molar-refractivity contribution >= 4 is 43.7 Å². The summed E-state index contributed by atoms with van der Waals surface area (Å²) in [7, 11) is -6.85. The number of amides is 3. The number of Topliss-reactive ketones (excluding diaryl/α,β-unsaturated/α-hetero) is 1. The van der Waals surface area contributed by atoms with E-state index in [1.54, 1.807) is 18.7 Å². The fourth-order valence-corrected chi connectivity index (χ4v) is 5.94. The number of hydrogen-bond donors (Lipinski definition) is 6. The molecule has 1 aliphatic carbocycles. The molecule has 3 amide bonds. The van der Waals surface area contributed by atoms with Crippen molar-refractivity contribution in [3.8, 4) is 0 Å². The Morgan fingerprint density at radius 1 is 0.918 bits per heavy atom. The van der Waals surface area contributed by atoms with Gasteiger partial charge in [0.25, 0.3) is 20.2 Å². The Hall–Kier alpha value is -3.08. The summed E-state index contributed by atoms with van der Waals surface area (Å²) in [4.78, 5) is 50.5. The maximum Gasteiger partial charge on any atom is 0.266 e. The number of nitrogens with zero attached hydrogens (tertiary/aromatic N) is 4. The molecule has 1 heterocycles. The summed E-state index contributed by atoms with van der Waals surface area (Å²) in [6, 6.07) is -0.195. The Labute approximate surface area is 287 Å². The van der Waals surface area contributed by atoms with E-state index in [-0.39, 0.29) is 63.6 Å². The van der Waals surface area contributed by atoms with Crippen LogP contribution in [-0.4, -0.2) is 140 Å². The first-order valence-corrected chi connectivity index (χ1v) is 19.4. The van der Waals surface area contributed by atoms with Crippen LogP contribution in [0.5, 0.6) is 0 Å². The summed E-state index contributed by atoms with van der Waals surface area (Å²) in [6.45, 7) is 0.781. The van der Waals surface area contributed by atoms with E-state index < -0.39 is 49.7 Å². The second-order valence-corrected chi connectivity index (χ2v) is 15.0. The first-order chi connectivity index (χ1) is 23.1. The van der Waals surface area contributed by atoms with Gasteiger partial charge in [-0.15, -0.1) is 5.10 Å². The molecule has 1 aliphatic rings. The average Bonchev–Trinajstić information content (AvgIpc) is 3.37. The number of rotatable bonds is 23. The molecule has 0 spiro atoms. The van der Waals surface area contributed by atoms with Crippen molar-refractivity contribution in [3.63, 3.8) is 0 Å². The van der Waals surface area contributed by atoms with Crippen LogP contribution in [0.15, 0.2) is 0 Å². The minimum Gasteiger partial charge on any atom is -0.362 e. The fraction of sp³-hybridized carbons (Fsp3) is 0.786. The van der Waals surface area contributed by atoms with Crippen molar-refractivity contribution < 1.29 is 49.9 Å². The summed E-state index contributed by atoms with van der Waals surface area (Å²) in [5.74, 6) is -2.81. The number of unbranched alkanes of at least 4 members (excludes halogenated alkanes) is 1. The quantitative estimate of drug-likeness (QED) is 0.0536. The van der Waals surface area contributed by atoms with Crippen LogP contribution >= 0.6 is 0 Å². The fourth-order valence-electron chi connectivity index (χ4n) is 5.22. The van der Waals surface area contributed by atoms with Crippen LogP contribution in [-0.2, 0) is 57.1 Å². The second-order valence-electron chi connectivity index (χ2n) is 11.8. The standard InChI is InChI=1S/C28H50N8O11S2/c1-21(37)22(29-2)8-6-7-11-30-27(40)20-47-24-10-5-3-4-9-23-28(24)33-34-36(23)15-14-35(18-25(38)31-12-16-48(41,42)43)19-26(39)32-13-17-49(44,45)46/h22,24,29H,3-20H2,1-2H3,(H,30,40)(H,31,38)(H,32,39)(H,41,42,43)(H,44,45,46)/t22-,24?/m1/s1. The summed E-state index contributed by atoms with van der Waals surface area (Å²) < 4.78 is 69.4. The van der Waals surface area contributed by atoms with E-state index in [0.717, 1.165) is 31.4 Å². The van der Waals surface area contributed by atoms with Crippen LogP contribution in [0.3, 0.4) is 0 Å². The molecule has 21 heteroatoms. The number of carbonyl (C=O) groups excluding carboxylic acids is 4. The Kier molecular flexibility index (Phi) is 18.2. The summed E-state index contributed by atoms with van der Waals surface area (Å²) in [5.41, 5.74) is 1.40. The molecule has 0 bridgehead atoms. The molecule has 0 radical (unpaired) electrons. The van der Waals surface area contributed by atoms with E-state index in [4.69, 9.17) is 13.8 Å². The average molecular weight is 739 g/mol. The first-order valence-electron chi connectivity index (χ1n) is 16.2. The van der Waals surface area contributed by atoms with Gasteiger partial charge in [-0.25, -0.2) is 4.68 Å². The number of nitrogens with one attached hydrogen (secondary N) is 4. The lowest BCUT2D eigenvalue weighted by atomic mass is 9.99. The number of fused-ring (bicyclic) bond motifs is 1. The van der Waals surface area contributed by atoms with Crippen LogP contribution in [0, 0.1) is 0 Å². The Balaban J connectivity index is 2.01. The van der Waals surface area contributed by atoms with Gasteiger partial charge in [0.1, 0.15) is 24.2 Å². The van der Waals surface area contributed by atoms with E-state index in [1.807, 2.05) is 0 Å². The van der Waals surface area contributed by atoms with Crippen molar-refractivity contribution in [2.45, 2.75) is 77.0 Å². The lowest BCUT2D eigenvalue weighted by Gasteiger charge is -2.23. The maximum absolute atomic E-state index is 12.5. The predicted octanol–water partition coefficient (Wildman–Crippen LogP) is -1.77. The minimum atomic E-state index is -4.29. The summed E-state index contributed by atoms with van der Waals surface area (Å²) in [6.07, 6.45) is 5.62. The lowest BCUT2D eigenvalue weighted by Crippen LogP contribution is -2.45. The highest BCUT2D eigenvalue weighted by atomic mass is 32.2. The Morgan fingerprint density at radius 2 is 1.53 bits per heavy atom. The molecule has 1 unspecified atom stereocenters. The van der Waals surface area contributed by atoms with E-state index in [0.29, 0.717) is 37.9 Å². The molecule has 280 valence electrons. The third-order valence-electron chi connectivity index (χ3n) is 7.78. The Bertz CT molecular complexity index is 1400. The molecule has 0 aliphatic heterocycles. The van der Waals surface area contributed by atoms with Crippen LogP contribution in [0.1, 0.15) is 69.4 Å². The number of ketones is 1. The highest BCUT2D eigenvalue weighted by Crippen LogP contribution is 2.29. The number of carbonyl (C=O) groups is 4. The second kappa shape index (κ2) is 21.2. The first kappa shape index (κ1) is 42.1. The van der Waals surface area contributed by atoms with E-state index in [1.165, 1.54) is 4.90 Å². The van der Waals surface area contributed by atoms with Crippen LogP contribution in [0.2, 0.25) is 0 Å². The van der Waals surface area contributed by atoms with Gasteiger partial charge in [-0.1, -0.05) is 18.1 Å². The van der Waals surface area contributed by atoms with Gasteiger partial charge in [-0.2, -0.15) is 16.8 Å². The SMILES string of the molecule is CN[C@H](CCCCNC(=O)COC1CCCCCc2c1nnn2CCN(CC(=O)NCCS(=O)(=O)O)CC(=O)NCCS(=O)(=O)O)C(C)=O. The van der Waals surface area contributed by atoms with Crippen molar-refractivity contribution in [2.75, 3.05) is 64.4 Å². The van der Waals surface area contributed by atoms with E-state index in [9.17, 15) is 36.0 Å². The normalized spacial score (nSPS) is 15.9. The summed E-state index contributed by atoms with van der Waals surface area (Å²) >= 11 is 0. The number of ether oxygens (including phenoxy) is 1. The highest BCUT2D eigenvalue weighted by molar-refractivity contribution is 7.86. The van der Waals surface area contributed by atoms with E-state index >= 15 is 0 Å². The maximum atomic E-state index is 12.5. The van der Waals surface area contributed by atoms with Gasteiger partial charge in [0, 0.05) is 26.2 Å². The van der Waals surface area contributed by atoms with Gasteiger partial charge in [-0.3, -0.25) is 33.2 Å². The molecular weight excluding hydrogens is 688 g/mol.